The lowest BCUT2D eigenvalue weighted by Crippen LogP contribution is -2.26. The Labute approximate surface area is 68.0 Å². The van der Waals surface area contributed by atoms with Gasteiger partial charge in [0.2, 0.25) is 5.91 Å². The third-order valence-corrected chi connectivity index (χ3v) is 1.90. The second-order valence-corrected chi connectivity index (χ2v) is 2.94. The summed E-state index contributed by atoms with van der Waals surface area (Å²) < 4.78 is 0. The van der Waals surface area contributed by atoms with E-state index in [1.807, 2.05) is 0 Å². The number of carbonyl (C=O) groups is 2. The van der Waals surface area contributed by atoms with Crippen molar-refractivity contribution in [2.45, 2.75) is 6.92 Å². The number of amides is 2. The Morgan fingerprint density at radius 2 is 2.27 bits per heavy atom. The number of imide groups is 1. The van der Waals surface area contributed by atoms with Gasteiger partial charge in [-0.25, -0.2) is 0 Å². The fourth-order valence-corrected chi connectivity index (χ4v) is 1.25. The minimum atomic E-state index is -0.330. The van der Waals surface area contributed by atoms with Crippen molar-refractivity contribution in [1.29, 1.82) is 0 Å². The van der Waals surface area contributed by atoms with Gasteiger partial charge in [-0.2, -0.15) is 0 Å². The molecule has 0 fully saturated rings. The highest BCUT2D eigenvalue weighted by atomic mass is 32.1. The van der Waals surface area contributed by atoms with Gasteiger partial charge in [0, 0.05) is 6.92 Å². The molecule has 1 rings (SSSR count). The maximum absolute atomic E-state index is 11.0. The molecule has 2 amide bonds. The van der Waals surface area contributed by atoms with Crippen molar-refractivity contribution >= 4 is 23.2 Å². The van der Waals surface area contributed by atoms with E-state index in [2.05, 4.69) is 5.32 Å². The summed E-state index contributed by atoms with van der Waals surface area (Å²) in [6.07, 6.45) is 0. The molecule has 4 heteroatoms. The predicted molar refractivity (Wildman–Crippen MR) is 42.5 cm³/mol. The molecule has 0 atom stereocenters. The largest absolute Gasteiger partial charge is 0.292 e. The third kappa shape index (κ3) is 2.16. The third-order valence-electron chi connectivity index (χ3n) is 1.03. The Kier molecular flexibility index (Phi) is 2.38. The Morgan fingerprint density at radius 1 is 1.55 bits per heavy atom. The van der Waals surface area contributed by atoms with Crippen LogP contribution in [0.15, 0.2) is 17.5 Å². The van der Waals surface area contributed by atoms with Crippen LogP contribution in [-0.2, 0) is 4.79 Å². The van der Waals surface area contributed by atoms with E-state index in [0.29, 0.717) is 4.88 Å². The van der Waals surface area contributed by atoms with E-state index in [0.717, 1.165) is 0 Å². The summed E-state index contributed by atoms with van der Waals surface area (Å²) in [7, 11) is 0. The molecule has 58 valence electrons. The lowest BCUT2D eigenvalue weighted by Gasteiger charge is -1.94. The van der Waals surface area contributed by atoms with Gasteiger partial charge in [0.15, 0.2) is 0 Å². The van der Waals surface area contributed by atoms with Gasteiger partial charge in [-0.05, 0) is 11.4 Å². The van der Waals surface area contributed by atoms with Gasteiger partial charge in [0.05, 0.1) is 4.88 Å². The summed E-state index contributed by atoms with van der Waals surface area (Å²) in [5, 5.41) is 3.96. The van der Waals surface area contributed by atoms with Crippen LogP contribution in [0.25, 0.3) is 0 Å². The van der Waals surface area contributed by atoms with Crippen molar-refractivity contribution in [1.82, 2.24) is 5.32 Å². The Hall–Kier alpha value is -1.16. The van der Waals surface area contributed by atoms with Crippen molar-refractivity contribution in [2.75, 3.05) is 0 Å². The molecule has 1 heterocycles. The molecular formula is C7H7NO2S. The van der Waals surface area contributed by atoms with Crippen molar-refractivity contribution in [3.8, 4) is 0 Å². The number of hydrogen-bond acceptors (Lipinski definition) is 3. The molecule has 0 bridgehead atoms. The second-order valence-electron chi connectivity index (χ2n) is 1.99. The first kappa shape index (κ1) is 7.94. The fourth-order valence-electron chi connectivity index (χ4n) is 0.629. The quantitative estimate of drug-likeness (QED) is 0.682. The summed E-state index contributed by atoms with van der Waals surface area (Å²) in [6, 6.07) is 3.43. The molecule has 0 radical (unpaired) electrons. The molecule has 0 spiro atoms. The topological polar surface area (TPSA) is 46.2 Å². The predicted octanol–water partition coefficient (Wildman–Crippen LogP) is 1.02. The van der Waals surface area contributed by atoms with E-state index in [4.69, 9.17) is 0 Å². The normalized spacial score (nSPS) is 9.18. The second kappa shape index (κ2) is 3.30. The highest BCUT2D eigenvalue weighted by Crippen LogP contribution is 2.07. The van der Waals surface area contributed by atoms with Crippen LogP contribution in [0.2, 0.25) is 0 Å². The zero-order valence-electron chi connectivity index (χ0n) is 5.96. The summed E-state index contributed by atoms with van der Waals surface area (Å²) >= 11 is 1.31. The number of thiophene rings is 1. The standard InChI is InChI=1S/C7H7NO2S/c1-5(9)8-7(10)6-3-2-4-11-6/h2-4H,1H3,(H,8,9,10). The molecule has 0 saturated carbocycles. The summed E-state index contributed by atoms with van der Waals surface area (Å²) in [5.74, 6) is -0.657. The Morgan fingerprint density at radius 3 is 2.73 bits per heavy atom. The van der Waals surface area contributed by atoms with Gasteiger partial charge in [0.25, 0.3) is 5.91 Å². The van der Waals surface area contributed by atoms with E-state index >= 15 is 0 Å². The van der Waals surface area contributed by atoms with Crippen LogP contribution in [-0.4, -0.2) is 11.8 Å². The molecule has 1 aromatic heterocycles. The maximum Gasteiger partial charge on any atom is 0.267 e. The first-order chi connectivity index (χ1) is 5.20. The molecule has 3 nitrogen and oxygen atoms in total. The Bertz CT molecular complexity index is 266. The van der Waals surface area contributed by atoms with Gasteiger partial charge in [-0.3, -0.25) is 14.9 Å². The summed E-state index contributed by atoms with van der Waals surface area (Å²) in [4.78, 5) is 22.0. The molecular weight excluding hydrogens is 162 g/mol. The van der Waals surface area contributed by atoms with Crippen LogP contribution in [0, 0.1) is 0 Å². The number of rotatable bonds is 1. The minimum Gasteiger partial charge on any atom is -0.292 e. The van der Waals surface area contributed by atoms with Gasteiger partial charge >= 0.3 is 0 Å². The Balaban J connectivity index is 2.64. The van der Waals surface area contributed by atoms with Crippen molar-refractivity contribution < 1.29 is 9.59 Å². The average molecular weight is 169 g/mol. The van der Waals surface area contributed by atoms with Crippen LogP contribution >= 0.6 is 11.3 Å². The van der Waals surface area contributed by atoms with Crippen LogP contribution in [0.3, 0.4) is 0 Å². The average Bonchev–Trinajstić information content (AvgIpc) is 2.35. The molecule has 0 aliphatic rings. The van der Waals surface area contributed by atoms with Crippen LogP contribution < -0.4 is 5.32 Å². The maximum atomic E-state index is 11.0. The lowest BCUT2D eigenvalue weighted by atomic mass is 10.4. The molecule has 1 aromatic rings. The minimum absolute atomic E-state index is 0.326. The van der Waals surface area contributed by atoms with Gasteiger partial charge < -0.3 is 0 Å². The first-order valence-corrected chi connectivity index (χ1v) is 3.93. The van der Waals surface area contributed by atoms with Crippen LogP contribution in [0.1, 0.15) is 16.6 Å². The first-order valence-electron chi connectivity index (χ1n) is 3.05. The van der Waals surface area contributed by atoms with E-state index in [-0.39, 0.29) is 11.8 Å². The number of hydrogen-bond donors (Lipinski definition) is 1. The van der Waals surface area contributed by atoms with Crippen molar-refractivity contribution in [2.24, 2.45) is 0 Å². The SMILES string of the molecule is CC(=O)NC(=O)c1cccs1. The molecule has 0 aliphatic carbocycles. The zero-order valence-corrected chi connectivity index (χ0v) is 6.77. The van der Waals surface area contributed by atoms with Gasteiger partial charge in [-0.1, -0.05) is 6.07 Å². The monoisotopic (exact) mass is 169 g/mol. The van der Waals surface area contributed by atoms with E-state index < -0.39 is 0 Å². The molecule has 0 aliphatic heterocycles. The number of carbonyl (C=O) groups excluding carboxylic acids is 2. The fraction of sp³-hybridized carbons (Fsp3) is 0.143. The molecule has 11 heavy (non-hydrogen) atoms. The smallest absolute Gasteiger partial charge is 0.267 e. The van der Waals surface area contributed by atoms with E-state index in [1.165, 1.54) is 18.3 Å². The molecule has 1 N–H and O–H groups in total. The zero-order chi connectivity index (χ0) is 8.27. The highest BCUT2D eigenvalue weighted by molar-refractivity contribution is 7.12. The molecule has 0 unspecified atom stereocenters. The van der Waals surface area contributed by atoms with E-state index in [1.54, 1.807) is 17.5 Å². The summed E-state index contributed by atoms with van der Waals surface area (Å²) in [5.41, 5.74) is 0. The van der Waals surface area contributed by atoms with Crippen LogP contribution in [0.5, 0.6) is 0 Å². The summed E-state index contributed by atoms with van der Waals surface area (Å²) in [6.45, 7) is 1.31. The molecule has 0 aromatic carbocycles. The van der Waals surface area contributed by atoms with Crippen LogP contribution in [0.4, 0.5) is 0 Å². The van der Waals surface area contributed by atoms with Gasteiger partial charge in [-0.15, -0.1) is 11.3 Å². The van der Waals surface area contributed by atoms with Crippen molar-refractivity contribution in [3.63, 3.8) is 0 Å². The van der Waals surface area contributed by atoms with Crippen molar-refractivity contribution in [3.05, 3.63) is 22.4 Å². The highest BCUT2D eigenvalue weighted by Gasteiger charge is 2.06. The molecule has 0 saturated heterocycles. The number of nitrogens with one attached hydrogen (secondary N) is 1. The lowest BCUT2D eigenvalue weighted by molar-refractivity contribution is -0.118. The van der Waals surface area contributed by atoms with Gasteiger partial charge in [0.1, 0.15) is 0 Å². The van der Waals surface area contributed by atoms with E-state index in [9.17, 15) is 9.59 Å².